The minimum atomic E-state index is -1.32. The zero-order valence-corrected chi connectivity index (χ0v) is 14.1. The molecule has 1 saturated heterocycles. The Morgan fingerprint density at radius 2 is 1.59 bits per heavy atom. The number of rotatable bonds is 5. The first-order valence-electron chi connectivity index (χ1n) is 7.63. The first kappa shape index (κ1) is 19.8. The van der Waals surface area contributed by atoms with Gasteiger partial charge in [0.15, 0.2) is 6.29 Å². The molecular weight excluding hydrogens is 292 g/mol. The van der Waals surface area contributed by atoms with Crippen LogP contribution in [0.25, 0.3) is 0 Å². The first-order chi connectivity index (χ1) is 10.1. The van der Waals surface area contributed by atoms with E-state index in [4.69, 9.17) is 14.2 Å². The van der Waals surface area contributed by atoms with E-state index in [-0.39, 0.29) is 0 Å². The van der Waals surface area contributed by atoms with Gasteiger partial charge in [-0.25, -0.2) is 0 Å². The van der Waals surface area contributed by atoms with Crippen molar-refractivity contribution in [1.82, 2.24) is 0 Å². The molecule has 0 aromatic heterocycles. The molecule has 0 amide bonds. The lowest BCUT2D eigenvalue weighted by Crippen LogP contribution is -2.61. The van der Waals surface area contributed by atoms with Crippen LogP contribution in [0.2, 0.25) is 0 Å². The predicted molar refractivity (Wildman–Crippen MR) is 79.2 cm³/mol. The lowest BCUT2D eigenvalue weighted by atomic mass is 9.70. The lowest BCUT2D eigenvalue weighted by Gasteiger charge is -2.46. The second-order valence-corrected chi connectivity index (χ2v) is 6.37. The lowest BCUT2D eigenvalue weighted by molar-refractivity contribution is -0.240. The van der Waals surface area contributed by atoms with Gasteiger partial charge in [-0.05, 0) is 27.7 Å². The fourth-order valence-corrected chi connectivity index (χ4v) is 2.96. The summed E-state index contributed by atoms with van der Waals surface area (Å²) in [5.41, 5.74) is -1.27. The standard InChI is InChI=1S/C15H30O7/c1-7-11(17)12(18)14(22-10(4)21-7)15(5,9(3)16)13(19)8(2)20-6/h7-14,16-19H,1-6H3. The van der Waals surface area contributed by atoms with Gasteiger partial charge < -0.3 is 34.6 Å². The highest BCUT2D eigenvalue weighted by Crippen LogP contribution is 2.39. The van der Waals surface area contributed by atoms with Crippen LogP contribution in [0.15, 0.2) is 0 Å². The third kappa shape index (κ3) is 3.62. The van der Waals surface area contributed by atoms with Crippen molar-refractivity contribution in [2.24, 2.45) is 5.41 Å². The van der Waals surface area contributed by atoms with E-state index in [0.717, 1.165) is 0 Å². The Hall–Kier alpha value is -0.280. The molecule has 22 heavy (non-hydrogen) atoms. The van der Waals surface area contributed by atoms with Crippen molar-refractivity contribution in [3.63, 3.8) is 0 Å². The van der Waals surface area contributed by atoms with E-state index in [1.165, 1.54) is 14.0 Å². The van der Waals surface area contributed by atoms with Crippen LogP contribution in [0.3, 0.4) is 0 Å². The molecule has 1 aliphatic rings. The van der Waals surface area contributed by atoms with Gasteiger partial charge in [0.05, 0.1) is 35.9 Å². The maximum absolute atomic E-state index is 10.6. The van der Waals surface area contributed by atoms with Gasteiger partial charge in [0.2, 0.25) is 0 Å². The van der Waals surface area contributed by atoms with Crippen LogP contribution in [-0.2, 0) is 14.2 Å². The molecular formula is C15H30O7. The average Bonchev–Trinajstić information content (AvgIpc) is 2.56. The van der Waals surface area contributed by atoms with Gasteiger partial charge in [0.1, 0.15) is 12.2 Å². The Morgan fingerprint density at radius 1 is 1.05 bits per heavy atom. The summed E-state index contributed by atoms with van der Waals surface area (Å²) in [6.07, 6.45) is -7.62. The number of aliphatic hydroxyl groups excluding tert-OH is 4. The maximum atomic E-state index is 10.6. The fraction of sp³-hybridized carbons (Fsp3) is 1.00. The summed E-state index contributed by atoms with van der Waals surface area (Å²) in [5.74, 6) is 0. The van der Waals surface area contributed by atoms with Crippen molar-refractivity contribution >= 4 is 0 Å². The van der Waals surface area contributed by atoms with Gasteiger partial charge in [-0.15, -0.1) is 0 Å². The van der Waals surface area contributed by atoms with Gasteiger partial charge in [-0.2, -0.15) is 0 Å². The molecule has 9 unspecified atom stereocenters. The van der Waals surface area contributed by atoms with E-state index in [1.54, 1.807) is 27.7 Å². The smallest absolute Gasteiger partial charge is 0.155 e. The molecule has 1 heterocycles. The van der Waals surface area contributed by atoms with Crippen molar-refractivity contribution in [2.45, 2.75) is 83.6 Å². The molecule has 7 heteroatoms. The van der Waals surface area contributed by atoms with E-state index in [2.05, 4.69) is 0 Å². The van der Waals surface area contributed by atoms with Crippen LogP contribution in [0, 0.1) is 5.41 Å². The predicted octanol–water partition coefficient (Wildman–Crippen LogP) is -0.359. The fourth-order valence-electron chi connectivity index (χ4n) is 2.96. The molecule has 0 radical (unpaired) electrons. The van der Waals surface area contributed by atoms with Gasteiger partial charge in [0, 0.05) is 7.11 Å². The summed E-state index contributed by atoms with van der Waals surface area (Å²) in [6, 6.07) is 0. The summed E-state index contributed by atoms with van der Waals surface area (Å²) < 4.78 is 16.3. The van der Waals surface area contributed by atoms with Crippen molar-refractivity contribution in [3.8, 4) is 0 Å². The monoisotopic (exact) mass is 322 g/mol. The third-order valence-electron chi connectivity index (χ3n) is 4.85. The Kier molecular flexibility index (Phi) is 6.76. The van der Waals surface area contributed by atoms with Crippen LogP contribution in [0.1, 0.15) is 34.6 Å². The molecule has 0 aliphatic carbocycles. The second-order valence-electron chi connectivity index (χ2n) is 6.37. The largest absolute Gasteiger partial charge is 0.393 e. The van der Waals surface area contributed by atoms with Crippen molar-refractivity contribution < 1.29 is 34.6 Å². The Bertz CT molecular complexity index is 351. The molecule has 9 atom stereocenters. The quantitative estimate of drug-likeness (QED) is 0.547. The molecule has 0 aromatic carbocycles. The maximum Gasteiger partial charge on any atom is 0.155 e. The number of methoxy groups -OCH3 is 1. The van der Waals surface area contributed by atoms with Gasteiger partial charge in [-0.3, -0.25) is 0 Å². The second kappa shape index (κ2) is 7.53. The minimum Gasteiger partial charge on any atom is -0.393 e. The number of hydrogen-bond acceptors (Lipinski definition) is 7. The molecule has 0 saturated carbocycles. The van der Waals surface area contributed by atoms with Crippen LogP contribution in [-0.4, -0.2) is 76.6 Å². The Labute approximate surface area is 131 Å². The van der Waals surface area contributed by atoms with E-state index >= 15 is 0 Å². The summed E-state index contributed by atoms with van der Waals surface area (Å²) in [6.45, 7) is 8.04. The molecule has 1 aliphatic heterocycles. The van der Waals surface area contributed by atoms with Crippen LogP contribution >= 0.6 is 0 Å². The van der Waals surface area contributed by atoms with E-state index in [0.29, 0.717) is 0 Å². The van der Waals surface area contributed by atoms with E-state index < -0.39 is 54.4 Å². The van der Waals surface area contributed by atoms with Crippen molar-refractivity contribution in [2.75, 3.05) is 7.11 Å². The zero-order chi connectivity index (χ0) is 17.2. The normalized spacial score (nSPS) is 40.4. The van der Waals surface area contributed by atoms with E-state index in [9.17, 15) is 20.4 Å². The van der Waals surface area contributed by atoms with Crippen LogP contribution in [0.5, 0.6) is 0 Å². The minimum absolute atomic E-state index is 0.593. The average molecular weight is 322 g/mol. The van der Waals surface area contributed by atoms with Crippen molar-refractivity contribution in [3.05, 3.63) is 0 Å². The van der Waals surface area contributed by atoms with Gasteiger partial charge in [0.25, 0.3) is 0 Å². The summed E-state index contributed by atoms with van der Waals surface area (Å²) in [7, 11) is 1.45. The number of ether oxygens (including phenoxy) is 3. The molecule has 7 nitrogen and oxygen atoms in total. The molecule has 1 fully saturated rings. The summed E-state index contributed by atoms with van der Waals surface area (Å²) >= 11 is 0. The molecule has 4 N–H and O–H groups in total. The molecule has 0 aromatic rings. The van der Waals surface area contributed by atoms with Crippen LogP contribution < -0.4 is 0 Å². The number of hydrogen-bond donors (Lipinski definition) is 4. The highest BCUT2D eigenvalue weighted by molar-refractivity contribution is 5.02. The highest BCUT2D eigenvalue weighted by Gasteiger charge is 2.54. The Morgan fingerprint density at radius 3 is 2.05 bits per heavy atom. The van der Waals surface area contributed by atoms with Gasteiger partial charge >= 0.3 is 0 Å². The molecule has 1 rings (SSSR count). The topological polar surface area (TPSA) is 109 Å². The van der Waals surface area contributed by atoms with Gasteiger partial charge in [-0.1, -0.05) is 6.92 Å². The third-order valence-corrected chi connectivity index (χ3v) is 4.85. The SMILES string of the molecule is COC(C)C(O)C(C)(C(C)O)C1OC(C)OC(C)C(O)C1O. The zero-order valence-electron chi connectivity index (χ0n) is 14.1. The summed E-state index contributed by atoms with van der Waals surface area (Å²) in [4.78, 5) is 0. The molecule has 0 bridgehead atoms. The summed E-state index contributed by atoms with van der Waals surface area (Å²) in [5, 5.41) is 41.5. The van der Waals surface area contributed by atoms with E-state index in [1.807, 2.05) is 0 Å². The molecule has 132 valence electrons. The number of aliphatic hydroxyl groups is 4. The first-order valence-corrected chi connectivity index (χ1v) is 7.63. The van der Waals surface area contributed by atoms with Crippen molar-refractivity contribution in [1.29, 1.82) is 0 Å². The highest BCUT2D eigenvalue weighted by atomic mass is 16.7. The molecule has 0 spiro atoms. The van der Waals surface area contributed by atoms with Crippen LogP contribution in [0.4, 0.5) is 0 Å². The Balaban J connectivity index is 3.22.